The molecule has 0 saturated heterocycles. The van der Waals surface area contributed by atoms with Crippen LogP contribution in [0, 0.1) is 5.82 Å². The summed E-state index contributed by atoms with van der Waals surface area (Å²) in [5, 5.41) is 6.79. The number of hydrogen-bond acceptors (Lipinski definition) is 7. The molecule has 3 heterocycles. The van der Waals surface area contributed by atoms with Gasteiger partial charge in [0.05, 0.1) is 18.8 Å². The molecule has 0 fully saturated rings. The minimum absolute atomic E-state index is 0.0818. The van der Waals surface area contributed by atoms with Crippen molar-refractivity contribution in [3.8, 4) is 5.75 Å². The molecule has 0 aliphatic carbocycles. The summed E-state index contributed by atoms with van der Waals surface area (Å²) in [6.45, 7) is 0.680. The fraction of sp³-hybridized carbons (Fsp3) is 0.250. The summed E-state index contributed by atoms with van der Waals surface area (Å²) in [6.07, 6.45) is 4.42. The van der Waals surface area contributed by atoms with Crippen molar-refractivity contribution in [2.45, 2.75) is 38.4 Å². The van der Waals surface area contributed by atoms with Crippen LogP contribution in [0.15, 0.2) is 72.0 Å². The Morgan fingerprint density at radius 2 is 1.93 bits per heavy atom. The summed E-state index contributed by atoms with van der Waals surface area (Å²) >= 11 is 0. The zero-order chi connectivity index (χ0) is 29.9. The lowest BCUT2D eigenvalue weighted by molar-refractivity contribution is -0.120. The summed E-state index contributed by atoms with van der Waals surface area (Å²) in [7, 11) is 1.61. The highest BCUT2D eigenvalue weighted by molar-refractivity contribution is 6.02. The summed E-state index contributed by atoms with van der Waals surface area (Å²) < 4.78 is 21.2. The van der Waals surface area contributed by atoms with Gasteiger partial charge in [0.1, 0.15) is 36.3 Å². The average Bonchev–Trinajstić information content (AvgIpc) is 3.66. The third-order valence-electron chi connectivity index (χ3n) is 7.55. The van der Waals surface area contributed by atoms with Gasteiger partial charge in [-0.1, -0.05) is 42.5 Å². The van der Waals surface area contributed by atoms with Crippen molar-refractivity contribution in [2.75, 3.05) is 18.6 Å². The van der Waals surface area contributed by atoms with Crippen LogP contribution >= 0.6 is 0 Å². The summed E-state index contributed by atoms with van der Waals surface area (Å²) in [5.41, 5.74) is 5.08. The number of rotatable bonds is 9. The Hall–Kier alpha value is -5.19. The zero-order valence-corrected chi connectivity index (χ0v) is 23.5. The summed E-state index contributed by atoms with van der Waals surface area (Å²) in [5.74, 6) is -0.921. The summed E-state index contributed by atoms with van der Waals surface area (Å²) in [4.78, 5) is 48.6. The maximum Gasteiger partial charge on any atom is 0.291 e. The molecule has 6 rings (SSSR count). The predicted molar refractivity (Wildman–Crippen MR) is 157 cm³/mol. The molecule has 2 amide bonds. The van der Waals surface area contributed by atoms with E-state index in [2.05, 4.69) is 20.4 Å². The van der Waals surface area contributed by atoms with Gasteiger partial charge >= 0.3 is 0 Å². The van der Waals surface area contributed by atoms with Crippen molar-refractivity contribution in [1.29, 1.82) is 0 Å². The molecule has 4 aromatic rings. The first kappa shape index (κ1) is 28.0. The van der Waals surface area contributed by atoms with Gasteiger partial charge in [0.2, 0.25) is 5.82 Å². The molecule has 2 aliphatic rings. The van der Waals surface area contributed by atoms with Gasteiger partial charge in [-0.25, -0.2) is 14.1 Å². The van der Waals surface area contributed by atoms with E-state index in [1.165, 1.54) is 22.0 Å². The monoisotopic (exact) mass is 580 g/mol. The second-order valence-electron chi connectivity index (χ2n) is 10.6. The smallest absolute Gasteiger partial charge is 0.291 e. The average molecular weight is 581 g/mol. The number of hydrogen-bond donors (Lipinski definition) is 1. The van der Waals surface area contributed by atoms with Crippen molar-refractivity contribution in [1.82, 2.24) is 20.1 Å². The Labute approximate surface area is 247 Å². The van der Waals surface area contributed by atoms with E-state index in [1.54, 1.807) is 31.3 Å². The van der Waals surface area contributed by atoms with Gasteiger partial charge in [0, 0.05) is 31.7 Å². The van der Waals surface area contributed by atoms with Crippen LogP contribution in [0.25, 0.3) is 0 Å². The number of nitrogens with zero attached hydrogens (tertiary/aromatic N) is 5. The molecule has 1 N–H and O–H groups in total. The molecular formula is C32H29FN6O4. The Morgan fingerprint density at radius 3 is 2.79 bits per heavy atom. The lowest BCUT2D eigenvalue weighted by Gasteiger charge is -2.20. The highest BCUT2D eigenvalue weighted by atomic mass is 19.1. The SMILES string of the molecule is CN1C(=O)[C@H](NC(=O)c2ncn(Cc3ccccc3F)n2)COc2ccc(CCC(=O)Cc3ccc4c(c3)CN=C4)cc21. The number of ether oxygens (including phenoxy) is 1. The van der Waals surface area contributed by atoms with Crippen LogP contribution in [-0.2, 0) is 35.5 Å². The second-order valence-corrected chi connectivity index (χ2v) is 10.6. The maximum atomic E-state index is 14.0. The first-order valence-electron chi connectivity index (χ1n) is 13.9. The molecule has 1 atom stereocenters. The van der Waals surface area contributed by atoms with Crippen molar-refractivity contribution < 1.29 is 23.5 Å². The molecular weight excluding hydrogens is 551 g/mol. The summed E-state index contributed by atoms with van der Waals surface area (Å²) in [6, 6.07) is 16.8. The van der Waals surface area contributed by atoms with Crippen LogP contribution in [0.5, 0.6) is 5.75 Å². The number of aryl methyl sites for hydroxylation is 1. The number of carbonyl (C=O) groups excluding carboxylic acids is 3. The number of fused-ring (bicyclic) bond motifs is 2. The zero-order valence-electron chi connectivity index (χ0n) is 23.5. The number of likely N-dealkylation sites (N-methyl/N-ethyl adjacent to an activating group) is 1. The Morgan fingerprint density at radius 1 is 1.09 bits per heavy atom. The van der Waals surface area contributed by atoms with Crippen LogP contribution in [0.1, 0.15) is 44.9 Å². The van der Waals surface area contributed by atoms with E-state index in [1.807, 2.05) is 36.5 Å². The molecule has 0 unspecified atom stereocenters. The molecule has 0 spiro atoms. The third-order valence-corrected chi connectivity index (χ3v) is 7.55. The molecule has 11 heteroatoms. The Kier molecular flexibility index (Phi) is 7.78. The molecule has 0 saturated carbocycles. The fourth-order valence-electron chi connectivity index (χ4n) is 5.18. The highest BCUT2D eigenvalue weighted by Gasteiger charge is 2.31. The third kappa shape index (κ3) is 6.20. The molecule has 3 aromatic carbocycles. The lowest BCUT2D eigenvalue weighted by Crippen LogP contribution is -2.49. The topological polar surface area (TPSA) is 119 Å². The van der Waals surface area contributed by atoms with Crippen LogP contribution in [0.3, 0.4) is 0 Å². The standard InChI is InChI=1S/C32H29FN6O4/c1-38-28-14-20(7-10-25(40)13-21-6-9-22-15-34-16-24(22)12-21)8-11-29(28)43-18-27(32(38)42)36-31(41)30-35-19-39(37-30)17-23-4-2-3-5-26(23)33/h2-6,8-9,11-12,14-15,19,27H,7,10,13,16-18H2,1H3,(H,36,41)/t27-/m1/s1. The first-order chi connectivity index (χ1) is 20.8. The number of halogens is 1. The van der Waals surface area contributed by atoms with E-state index in [-0.39, 0.29) is 36.5 Å². The van der Waals surface area contributed by atoms with E-state index < -0.39 is 11.9 Å². The second kappa shape index (κ2) is 12.0. The van der Waals surface area contributed by atoms with Crippen molar-refractivity contribution in [3.05, 3.63) is 106 Å². The van der Waals surface area contributed by atoms with Crippen molar-refractivity contribution in [2.24, 2.45) is 4.99 Å². The largest absolute Gasteiger partial charge is 0.489 e. The van der Waals surface area contributed by atoms with Crippen molar-refractivity contribution in [3.63, 3.8) is 0 Å². The molecule has 43 heavy (non-hydrogen) atoms. The van der Waals surface area contributed by atoms with Gasteiger partial charge in [-0.15, -0.1) is 5.10 Å². The number of anilines is 1. The van der Waals surface area contributed by atoms with Gasteiger partial charge in [0.25, 0.3) is 11.8 Å². The molecule has 2 aliphatic heterocycles. The van der Waals surface area contributed by atoms with Crippen LogP contribution in [0.2, 0.25) is 0 Å². The van der Waals surface area contributed by atoms with E-state index in [0.29, 0.717) is 42.8 Å². The molecule has 0 bridgehead atoms. The van der Waals surface area contributed by atoms with E-state index in [9.17, 15) is 18.8 Å². The highest BCUT2D eigenvalue weighted by Crippen LogP contribution is 2.32. The minimum Gasteiger partial charge on any atom is -0.489 e. The number of amides is 2. The molecule has 1 aromatic heterocycles. The number of ketones is 1. The lowest BCUT2D eigenvalue weighted by atomic mass is 9.99. The van der Waals surface area contributed by atoms with Crippen LogP contribution < -0.4 is 15.0 Å². The molecule has 10 nitrogen and oxygen atoms in total. The quantitative estimate of drug-likeness (QED) is 0.325. The Balaban J connectivity index is 1.06. The van der Waals surface area contributed by atoms with Crippen LogP contribution in [-0.4, -0.2) is 58.3 Å². The normalized spacial score (nSPS) is 15.4. The number of Topliss-reactive ketones (excluding diaryl/α,β-unsaturated/α-hetero) is 1. The van der Waals surface area contributed by atoms with Gasteiger partial charge in [-0.05, 0) is 46.9 Å². The van der Waals surface area contributed by atoms with E-state index in [4.69, 9.17) is 4.74 Å². The first-order valence-corrected chi connectivity index (χ1v) is 13.9. The number of aromatic nitrogens is 3. The van der Waals surface area contributed by atoms with Crippen molar-refractivity contribution >= 4 is 29.5 Å². The van der Waals surface area contributed by atoms with Gasteiger partial charge in [-0.3, -0.25) is 19.4 Å². The molecule has 0 radical (unpaired) electrons. The number of carbonyl (C=O) groups is 3. The predicted octanol–water partition coefficient (Wildman–Crippen LogP) is 3.30. The molecule has 218 valence electrons. The maximum absolute atomic E-state index is 14.0. The Bertz CT molecular complexity index is 1750. The minimum atomic E-state index is -0.980. The van der Waals surface area contributed by atoms with Gasteiger partial charge in [-0.2, -0.15) is 0 Å². The number of aliphatic imine (C=N–C) groups is 1. The van der Waals surface area contributed by atoms with Gasteiger partial charge < -0.3 is 15.0 Å². The van der Waals surface area contributed by atoms with Gasteiger partial charge in [0.15, 0.2) is 0 Å². The van der Waals surface area contributed by atoms with Crippen LogP contribution in [0.4, 0.5) is 10.1 Å². The van der Waals surface area contributed by atoms with E-state index >= 15 is 0 Å². The van der Waals surface area contributed by atoms with E-state index in [0.717, 1.165) is 22.3 Å². The number of nitrogens with one attached hydrogen (secondary N) is 1. The number of benzene rings is 3. The fourth-order valence-corrected chi connectivity index (χ4v) is 5.18.